The molecule has 0 radical (unpaired) electrons. The van der Waals surface area contributed by atoms with Crippen LogP contribution in [-0.4, -0.2) is 65.4 Å². The molecule has 0 unspecified atom stereocenters. The standard InChI is InChI=1S/C17H27BrN4O4S/c1-27(24,25)22-9-7-12(8-10-22)20-17-19-11-13(18)16(21-17)26-15-6-4-2-3-5-14(15)23/h11-12,14-15,23H,2-10H2,1H3,(H,19,20,21)/t14-,15+/m0/s1. The lowest BCUT2D eigenvalue weighted by Crippen LogP contribution is -2.42. The van der Waals surface area contributed by atoms with Gasteiger partial charge >= 0.3 is 0 Å². The number of nitrogens with one attached hydrogen (secondary N) is 1. The van der Waals surface area contributed by atoms with Crippen LogP contribution in [0, 0.1) is 0 Å². The molecule has 2 fully saturated rings. The van der Waals surface area contributed by atoms with Crippen LogP contribution in [0.3, 0.4) is 0 Å². The van der Waals surface area contributed by atoms with Gasteiger partial charge in [0.2, 0.25) is 21.9 Å². The van der Waals surface area contributed by atoms with Crippen molar-refractivity contribution < 1.29 is 18.3 Å². The molecule has 0 amide bonds. The van der Waals surface area contributed by atoms with Crippen LogP contribution in [0.1, 0.15) is 44.9 Å². The van der Waals surface area contributed by atoms with E-state index in [2.05, 4.69) is 31.2 Å². The molecule has 2 N–H and O–H groups in total. The Morgan fingerprint density at radius 2 is 1.93 bits per heavy atom. The second-order valence-electron chi connectivity index (χ2n) is 7.29. The molecule has 0 aromatic carbocycles. The van der Waals surface area contributed by atoms with Crippen molar-refractivity contribution in [2.24, 2.45) is 0 Å². The molecule has 1 aromatic heterocycles. The molecule has 2 heterocycles. The van der Waals surface area contributed by atoms with Crippen LogP contribution >= 0.6 is 15.9 Å². The number of anilines is 1. The topological polar surface area (TPSA) is 105 Å². The fraction of sp³-hybridized carbons (Fsp3) is 0.765. The van der Waals surface area contributed by atoms with Gasteiger partial charge in [0.15, 0.2) is 0 Å². The minimum atomic E-state index is -3.13. The highest BCUT2D eigenvalue weighted by Gasteiger charge is 2.27. The van der Waals surface area contributed by atoms with Gasteiger partial charge in [-0.2, -0.15) is 4.98 Å². The predicted molar refractivity (Wildman–Crippen MR) is 106 cm³/mol. The number of rotatable bonds is 5. The van der Waals surface area contributed by atoms with Crippen molar-refractivity contribution in [3.63, 3.8) is 0 Å². The molecule has 1 aromatic rings. The zero-order chi connectivity index (χ0) is 19.4. The highest BCUT2D eigenvalue weighted by atomic mass is 79.9. The summed E-state index contributed by atoms with van der Waals surface area (Å²) in [6.45, 7) is 0.981. The summed E-state index contributed by atoms with van der Waals surface area (Å²) in [5.41, 5.74) is 0. The summed E-state index contributed by atoms with van der Waals surface area (Å²) in [6.07, 6.45) is 8.26. The van der Waals surface area contributed by atoms with E-state index in [0.29, 0.717) is 42.2 Å². The van der Waals surface area contributed by atoms with E-state index in [1.807, 2.05) is 0 Å². The van der Waals surface area contributed by atoms with E-state index in [1.165, 1.54) is 10.6 Å². The fourth-order valence-electron chi connectivity index (χ4n) is 3.55. The summed E-state index contributed by atoms with van der Waals surface area (Å²) in [5.74, 6) is 0.876. The first-order valence-electron chi connectivity index (χ1n) is 9.42. The predicted octanol–water partition coefficient (Wildman–Crippen LogP) is 2.15. The molecule has 0 spiro atoms. The second kappa shape index (κ2) is 9.02. The van der Waals surface area contributed by atoms with Crippen molar-refractivity contribution in [3.05, 3.63) is 10.7 Å². The Morgan fingerprint density at radius 1 is 1.22 bits per heavy atom. The van der Waals surface area contributed by atoms with Crippen LogP contribution in [0.4, 0.5) is 5.95 Å². The Hall–Kier alpha value is -0.970. The number of aliphatic hydroxyl groups is 1. The minimum absolute atomic E-state index is 0.112. The molecule has 27 heavy (non-hydrogen) atoms. The van der Waals surface area contributed by atoms with E-state index in [4.69, 9.17) is 4.74 Å². The third kappa shape index (κ3) is 5.75. The largest absolute Gasteiger partial charge is 0.471 e. The van der Waals surface area contributed by atoms with E-state index in [-0.39, 0.29) is 12.1 Å². The van der Waals surface area contributed by atoms with E-state index < -0.39 is 16.1 Å². The van der Waals surface area contributed by atoms with Gasteiger partial charge in [0, 0.05) is 19.1 Å². The minimum Gasteiger partial charge on any atom is -0.471 e. The normalized spacial score (nSPS) is 25.7. The lowest BCUT2D eigenvalue weighted by Gasteiger charge is -2.30. The first kappa shape index (κ1) is 20.8. The molecule has 1 saturated carbocycles. The summed E-state index contributed by atoms with van der Waals surface area (Å²) in [4.78, 5) is 8.75. The van der Waals surface area contributed by atoms with Crippen molar-refractivity contribution in [1.29, 1.82) is 0 Å². The molecular formula is C17H27BrN4O4S. The van der Waals surface area contributed by atoms with Gasteiger partial charge in [-0.1, -0.05) is 12.8 Å². The first-order valence-corrected chi connectivity index (χ1v) is 12.1. The van der Waals surface area contributed by atoms with Crippen molar-refractivity contribution in [1.82, 2.24) is 14.3 Å². The van der Waals surface area contributed by atoms with Crippen molar-refractivity contribution >= 4 is 31.9 Å². The molecule has 0 bridgehead atoms. The number of halogens is 1. The highest BCUT2D eigenvalue weighted by molar-refractivity contribution is 9.10. The van der Waals surface area contributed by atoms with Crippen LogP contribution in [0.15, 0.2) is 10.7 Å². The smallest absolute Gasteiger partial charge is 0.233 e. The zero-order valence-electron chi connectivity index (χ0n) is 15.5. The lowest BCUT2D eigenvalue weighted by atomic mass is 10.1. The third-order valence-corrected chi connectivity index (χ3v) is 7.00. The quantitative estimate of drug-likeness (QED) is 0.645. The van der Waals surface area contributed by atoms with Crippen LogP contribution in [0.5, 0.6) is 5.88 Å². The fourth-order valence-corrected chi connectivity index (χ4v) is 4.71. The van der Waals surface area contributed by atoms with E-state index >= 15 is 0 Å². The Balaban J connectivity index is 1.62. The SMILES string of the molecule is CS(=O)(=O)N1CCC(Nc2ncc(Br)c(O[C@@H]3CCCCC[C@@H]3O)n2)CC1. The van der Waals surface area contributed by atoms with E-state index in [9.17, 15) is 13.5 Å². The summed E-state index contributed by atoms with van der Waals surface area (Å²) >= 11 is 3.42. The molecule has 1 aliphatic heterocycles. The van der Waals surface area contributed by atoms with Crippen LogP contribution in [0.25, 0.3) is 0 Å². The van der Waals surface area contributed by atoms with Gasteiger partial charge in [-0.05, 0) is 48.0 Å². The maximum atomic E-state index is 11.6. The van der Waals surface area contributed by atoms with Crippen LogP contribution in [-0.2, 0) is 10.0 Å². The van der Waals surface area contributed by atoms with Gasteiger partial charge in [-0.3, -0.25) is 0 Å². The summed E-state index contributed by atoms with van der Waals surface area (Å²) in [6, 6.07) is 0.112. The van der Waals surface area contributed by atoms with Crippen molar-refractivity contribution in [2.45, 2.75) is 63.2 Å². The van der Waals surface area contributed by atoms with E-state index in [1.54, 1.807) is 6.20 Å². The van der Waals surface area contributed by atoms with Gasteiger partial charge in [0.05, 0.1) is 23.0 Å². The average Bonchev–Trinajstić information content (AvgIpc) is 2.82. The summed E-state index contributed by atoms with van der Waals surface area (Å²) < 4.78 is 31.4. The second-order valence-corrected chi connectivity index (χ2v) is 10.1. The van der Waals surface area contributed by atoms with Crippen LogP contribution < -0.4 is 10.1 Å². The number of sulfonamides is 1. The maximum absolute atomic E-state index is 11.6. The molecule has 1 saturated heterocycles. The Kier molecular flexibility index (Phi) is 6.93. The van der Waals surface area contributed by atoms with Gasteiger partial charge in [0.25, 0.3) is 0 Å². The molecule has 2 aliphatic rings. The molecular weight excluding hydrogens is 436 g/mol. The van der Waals surface area contributed by atoms with Crippen molar-refractivity contribution in [2.75, 3.05) is 24.7 Å². The van der Waals surface area contributed by atoms with Gasteiger partial charge in [-0.15, -0.1) is 0 Å². The highest BCUT2D eigenvalue weighted by Crippen LogP contribution is 2.28. The number of ether oxygens (including phenoxy) is 1. The zero-order valence-corrected chi connectivity index (χ0v) is 17.9. The summed E-state index contributed by atoms with van der Waals surface area (Å²) in [7, 11) is -3.13. The monoisotopic (exact) mass is 462 g/mol. The summed E-state index contributed by atoms with van der Waals surface area (Å²) in [5, 5.41) is 13.5. The Labute approximate surface area is 168 Å². The number of aliphatic hydroxyl groups excluding tert-OH is 1. The molecule has 2 atom stereocenters. The van der Waals surface area contributed by atoms with E-state index in [0.717, 1.165) is 32.1 Å². The maximum Gasteiger partial charge on any atom is 0.233 e. The van der Waals surface area contributed by atoms with Crippen LogP contribution in [0.2, 0.25) is 0 Å². The number of nitrogens with zero attached hydrogens (tertiary/aromatic N) is 3. The average molecular weight is 463 g/mol. The molecule has 8 nitrogen and oxygen atoms in total. The molecule has 152 valence electrons. The van der Waals surface area contributed by atoms with Gasteiger partial charge in [-0.25, -0.2) is 17.7 Å². The third-order valence-electron chi connectivity index (χ3n) is 5.15. The number of hydrogen-bond acceptors (Lipinski definition) is 7. The molecule has 10 heteroatoms. The van der Waals surface area contributed by atoms with Gasteiger partial charge < -0.3 is 15.2 Å². The Morgan fingerprint density at radius 3 is 2.63 bits per heavy atom. The molecule has 3 rings (SSSR count). The van der Waals surface area contributed by atoms with Gasteiger partial charge in [0.1, 0.15) is 6.10 Å². The number of aromatic nitrogens is 2. The number of hydrogen-bond donors (Lipinski definition) is 2. The first-order chi connectivity index (χ1) is 12.8. The lowest BCUT2D eigenvalue weighted by molar-refractivity contribution is 0.0288. The molecule has 1 aliphatic carbocycles. The van der Waals surface area contributed by atoms with Crippen molar-refractivity contribution in [3.8, 4) is 5.88 Å². The number of piperidine rings is 1. The Bertz CT molecular complexity index is 740.